The summed E-state index contributed by atoms with van der Waals surface area (Å²) in [6.45, 7) is 0. The number of carbonyl (C=O) groups is 1. The van der Waals surface area contributed by atoms with Gasteiger partial charge in [-0.2, -0.15) is 0 Å². The molecule has 108 valence electrons. The average Bonchev–Trinajstić information content (AvgIpc) is 3.14. The molecule has 1 aromatic heterocycles. The molecule has 0 bridgehead atoms. The van der Waals surface area contributed by atoms with Crippen molar-refractivity contribution < 1.29 is 9.53 Å². The number of ether oxygens (including phenoxy) is 1. The lowest BCUT2D eigenvalue weighted by Crippen LogP contribution is -2.04. The lowest BCUT2D eigenvalue weighted by atomic mass is 9.92. The fourth-order valence-corrected chi connectivity index (χ4v) is 4.68. The Morgan fingerprint density at radius 3 is 3.00 bits per heavy atom. The molecule has 1 heterocycles. The van der Waals surface area contributed by atoms with Crippen LogP contribution in [0.5, 0.6) is 0 Å². The first-order valence-corrected chi connectivity index (χ1v) is 7.94. The number of nitrogens with zero attached hydrogens (tertiary/aromatic N) is 1. The summed E-state index contributed by atoms with van der Waals surface area (Å²) in [5.74, 6) is 1.17. The van der Waals surface area contributed by atoms with Gasteiger partial charge < -0.3 is 10.5 Å². The van der Waals surface area contributed by atoms with Crippen LogP contribution in [0, 0.1) is 5.92 Å². The number of methoxy groups -OCH3 is 1. The first-order valence-electron chi connectivity index (χ1n) is 7.13. The molecule has 2 aromatic rings. The number of fused-ring (bicyclic) bond motifs is 3. The predicted octanol–water partition coefficient (Wildman–Crippen LogP) is 2.96. The van der Waals surface area contributed by atoms with Gasteiger partial charge in [-0.25, -0.2) is 9.78 Å². The van der Waals surface area contributed by atoms with Crippen molar-refractivity contribution in [3.05, 3.63) is 46.1 Å². The van der Waals surface area contributed by atoms with Crippen molar-refractivity contribution in [2.75, 3.05) is 12.8 Å². The summed E-state index contributed by atoms with van der Waals surface area (Å²) < 4.78 is 4.73. The van der Waals surface area contributed by atoms with E-state index in [0.29, 0.717) is 22.8 Å². The molecule has 3 atom stereocenters. The van der Waals surface area contributed by atoms with Gasteiger partial charge in [0.2, 0.25) is 0 Å². The number of rotatable bonds is 2. The first kappa shape index (κ1) is 12.8. The second-order valence-corrected chi connectivity index (χ2v) is 6.77. The van der Waals surface area contributed by atoms with Crippen LogP contribution in [0.3, 0.4) is 0 Å². The van der Waals surface area contributed by atoms with Gasteiger partial charge in [0.05, 0.1) is 12.1 Å². The highest BCUT2D eigenvalue weighted by Crippen LogP contribution is 2.65. The number of anilines is 1. The summed E-state index contributed by atoms with van der Waals surface area (Å²) in [7, 11) is 1.36. The number of aryl methyl sites for hydroxylation is 1. The fraction of sp³-hybridized carbons (Fsp3) is 0.375. The van der Waals surface area contributed by atoms with Gasteiger partial charge >= 0.3 is 5.97 Å². The topological polar surface area (TPSA) is 65.2 Å². The zero-order chi connectivity index (χ0) is 14.6. The summed E-state index contributed by atoms with van der Waals surface area (Å²) in [5.41, 5.74) is 9.10. The monoisotopic (exact) mass is 300 g/mol. The Bertz CT molecular complexity index is 725. The molecule has 0 saturated heterocycles. The minimum Gasteiger partial charge on any atom is -0.464 e. The van der Waals surface area contributed by atoms with Crippen molar-refractivity contribution in [1.82, 2.24) is 4.98 Å². The largest absolute Gasteiger partial charge is 0.464 e. The van der Waals surface area contributed by atoms with E-state index in [1.54, 1.807) is 0 Å². The van der Waals surface area contributed by atoms with E-state index in [1.807, 2.05) is 0 Å². The SMILES string of the molecule is COC(=O)c1nc(C2C3CCc4ccccc4C32)sc1N. The van der Waals surface area contributed by atoms with E-state index in [9.17, 15) is 4.79 Å². The van der Waals surface area contributed by atoms with Crippen LogP contribution in [0.2, 0.25) is 0 Å². The summed E-state index contributed by atoms with van der Waals surface area (Å²) in [6.07, 6.45) is 2.33. The van der Waals surface area contributed by atoms with Crippen LogP contribution >= 0.6 is 11.3 Å². The van der Waals surface area contributed by atoms with E-state index in [-0.39, 0.29) is 5.69 Å². The van der Waals surface area contributed by atoms with Gasteiger partial charge in [0.15, 0.2) is 5.69 Å². The lowest BCUT2D eigenvalue weighted by molar-refractivity contribution is 0.0596. The summed E-state index contributed by atoms with van der Waals surface area (Å²) in [5, 5.41) is 1.45. The fourth-order valence-electron chi connectivity index (χ4n) is 3.64. The summed E-state index contributed by atoms with van der Waals surface area (Å²) in [6, 6.07) is 8.65. The highest BCUT2D eigenvalue weighted by atomic mass is 32.1. The Balaban J connectivity index is 1.67. The van der Waals surface area contributed by atoms with Crippen LogP contribution in [0.1, 0.15) is 44.9 Å². The molecule has 1 saturated carbocycles. The molecular formula is C16H16N2O2S. The number of esters is 1. The number of hydrogen-bond acceptors (Lipinski definition) is 5. The van der Waals surface area contributed by atoms with E-state index < -0.39 is 5.97 Å². The Morgan fingerprint density at radius 1 is 1.38 bits per heavy atom. The minimum absolute atomic E-state index is 0.273. The number of nitrogen functional groups attached to an aromatic ring is 1. The van der Waals surface area contributed by atoms with E-state index in [4.69, 9.17) is 10.5 Å². The normalized spacial score (nSPS) is 25.9. The predicted molar refractivity (Wildman–Crippen MR) is 81.6 cm³/mol. The van der Waals surface area contributed by atoms with Crippen LogP contribution in [0.4, 0.5) is 5.00 Å². The van der Waals surface area contributed by atoms with Crippen LogP contribution in [0.25, 0.3) is 0 Å². The molecule has 0 amide bonds. The van der Waals surface area contributed by atoms with Crippen molar-refractivity contribution in [3.8, 4) is 0 Å². The quantitative estimate of drug-likeness (QED) is 0.866. The van der Waals surface area contributed by atoms with Gasteiger partial charge in [0.25, 0.3) is 0 Å². The highest BCUT2D eigenvalue weighted by Gasteiger charge is 2.55. The van der Waals surface area contributed by atoms with Crippen LogP contribution < -0.4 is 5.73 Å². The molecule has 4 rings (SSSR count). The average molecular weight is 300 g/mol. The third-order valence-corrected chi connectivity index (χ3v) is 5.65. The van der Waals surface area contributed by atoms with Gasteiger partial charge in [0, 0.05) is 5.92 Å². The van der Waals surface area contributed by atoms with Crippen molar-refractivity contribution in [1.29, 1.82) is 0 Å². The van der Waals surface area contributed by atoms with Crippen molar-refractivity contribution in [2.24, 2.45) is 5.92 Å². The minimum atomic E-state index is -0.445. The molecule has 5 heteroatoms. The molecule has 0 aliphatic heterocycles. The van der Waals surface area contributed by atoms with E-state index >= 15 is 0 Å². The van der Waals surface area contributed by atoms with Crippen molar-refractivity contribution in [2.45, 2.75) is 24.7 Å². The van der Waals surface area contributed by atoms with Crippen molar-refractivity contribution in [3.63, 3.8) is 0 Å². The van der Waals surface area contributed by atoms with E-state index in [2.05, 4.69) is 29.2 Å². The van der Waals surface area contributed by atoms with Gasteiger partial charge in [-0.1, -0.05) is 24.3 Å². The molecule has 1 aromatic carbocycles. The first-order chi connectivity index (χ1) is 10.2. The Kier molecular flexibility index (Phi) is 2.79. The highest BCUT2D eigenvalue weighted by molar-refractivity contribution is 7.16. The zero-order valence-electron chi connectivity index (χ0n) is 11.7. The summed E-state index contributed by atoms with van der Waals surface area (Å²) >= 11 is 1.44. The molecule has 4 nitrogen and oxygen atoms in total. The number of nitrogens with two attached hydrogens (primary N) is 1. The standard InChI is InChI=1S/C16H16N2O2S/c1-20-16(19)13-14(17)21-15(18-13)12-10-7-6-8-4-2-3-5-9(8)11(10)12/h2-5,10-12H,6-7,17H2,1H3. The molecule has 3 unspecified atom stereocenters. The zero-order valence-corrected chi connectivity index (χ0v) is 12.5. The third-order valence-electron chi connectivity index (χ3n) is 4.66. The number of carbonyl (C=O) groups excluding carboxylic acids is 1. The van der Waals surface area contributed by atoms with Crippen LogP contribution in [-0.2, 0) is 11.2 Å². The molecule has 21 heavy (non-hydrogen) atoms. The van der Waals surface area contributed by atoms with Gasteiger partial charge in [-0.05, 0) is 35.8 Å². The molecule has 2 N–H and O–H groups in total. The van der Waals surface area contributed by atoms with Crippen LogP contribution in [0.15, 0.2) is 24.3 Å². The van der Waals surface area contributed by atoms with Gasteiger partial charge in [0.1, 0.15) is 5.00 Å². The van der Waals surface area contributed by atoms with Crippen molar-refractivity contribution >= 4 is 22.3 Å². The molecular weight excluding hydrogens is 284 g/mol. The van der Waals surface area contributed by atoms with Gasteiger partial charge in [-0.3, -0.25) is 0 Å². The van der Waals surface area contributed by atoms with Crippen LogP contribution in [-0.4, -0.2) is 18.1 Å². The Morgan fingerprint density at radius 2 is 2.19 bits per heavy atom. The Labute approximate surface area is 127 Å². The number of aromatic nitrogens is 1. The summed E-state index contributed by atoms with van der Waals surface area (Å²) in [4.78, 5) is 16.1. The molecule has 2 aliphatic rings. The maximum Gasteiger partial charge on any atom is 0.359 e. The number of thiazole rings is 1. The maximum atomic E-state index is 11.6. The third kappa shape index (κ3) is 1.87. The number of benzene rings is 1. The second kappa shape index (κ2) is 4.56. The lowest BCUT2D eigenvalue weighted by Gasteiger charge is -2.13. The molecule has 1 fully saturated rings. The smallest absolute Gasteiger partial charge is 0.359 e. The molecule has 0 spiro atoms. The molecule has 2 aliphatic carbocycles. The van der Waals surface area contributed by atoms with E-state index in [1.165, 1.54) is 36.0 Å². The maximum absolute atomic E-state index is 11.6. The molecule has 0 radical (unpaired) electrons. The number of hydrogen-bond donors (Lipinski definition) is 1. The van der Waals surface area contributed by atoms with E-state index in [0.717, 1.165) is 11.4 Å². The Hall–Kier alpha value is -1.88. The van der Waals surface area contributed by atoms with Gasteiger partial charge in [-0.15, -0.1) is 11.3 Å². The second-order valence-electron chi connectivity index (χ2n) is 5.71.